The summed E-state index contributed by atoms with van der Waals surface area (Å²) in [6, 6.07) is 0. The predicted octanol–water partition coefficient (Wildman–Crippen LogP) is 5.07. The topological polar surface area (TPSA) is 278 Å². The van der Waals surface area contributed by atoms with E-state index < -0.39 is 101 Å². The molecule has 4 N–H and O–H groups in total. The summed E-state index contributed by atoms with van der Waals surface area (Å²) in [6.07, 6.45) is -3.45. The van der Waals surface area contributed by atoms with Crippen LogP contribution in [0.1, 0.15) is 70.7 Å². The molecule has 3 fully saturated rings. The standard InChI is InChI=1S/C33H45F2N9O13P2S/c1-2-3-4-5-6-7-8-9-10-50-33(46)52-18-60-59(49)54-12-20-25(22(35)31(56-20)43-15-41-23-27(36)37-13-38-28(23)43)51-17-58(47,48)53-11-19-21(34)26(57-59)32(55-19)44-16-42-24-29(44)39-14-40-30(24)45/h13-16,19-22,25-26,31-32H,2-12,17-18H2,1H3,(H,47,48)(H2,36,37,38)(H,39,40,45)/t19-,20?,21-,22-,25-,26-,31-,32-,59?/m1/s1. The van der Waals surface area contributed by atoms with E-state index in [2.05, 4.69) is 36.8 Å². The molecule has 0 spiro atoms. The van der Waals surface area contributed by atoms with Gasteiger partial charge in [-0.25, -0.2) is 43.1 Å². The highest BCUT2D eigenvalue weighted by atomic mass is 32.7. The summed E-state index contributed by atoms with van der Waals surface area (Å²) in [5.74, 6) is -0.664. The minimum atomic E-state index is -4.74. The summed E-state index contributed by atoms with van der Waals surface area (Å²) < 4.78 is 108. The Kier molecular flexibility index (Phi) is 14.5. The fraction of sp³-hybridized carbons (Fsp3) is 0.667. The number of nitrogen functional groups attached to an aromatic ring is 1. The average molecular weight is 908 g/mol. The Morgan fingerprint density at radius 2 is 1.58 bits per heavy atom. The number of hydrogen-bond acceptors (Lipinski definition) is 19. The van der Waals surface area contributed by atoms with Crippen LogP contribution in [0.15, 0.2) is 30.1 Å². The molecule has 0 aliphatic carbocycles. The number of H-pyrrole nitrogens is 1. The lowest BCUT2D eigenvalue weighted by molar-refractivity contribution is -0.0551. The third-order valence-corrected chi connectivity index (χ3v) is 14.3. The largest absolute Gasteiger partial charge is 0.509 e. The fourth-order valence-electron chi connectivity index (χ4n) is 6.91. The average Bonchev–Trinajstić information content (AvgIpc) is 3.99. The van der Waals surface area contributed by atoms with E-state index in [9.17, 15) is 23.6 Å². The SMILES string of the molecule is CCCCCCCCCCOC(=O)OCSP1(=O)OCC2O[C@@H](n3cnc4c(N)ncnc43)[C@H](F)[C@@H]2OCP(=O)(O)OC[C@H]2O[C@@H](n3cnc4c(=O)[nH]cnc43)[C@H](O1)[C@@H]2F. The number of nitrogens with one attached hydrogen (secondary N) is 1. The number of aromatic amines is 1. The van der Waals surface area contributed by atoms with Crippen molar-refractivity contribution in [3.05, 3.63) is 35.7 Å². The van der Waals surface area contributed by atoms with Crippen LogP contribution in [0, 0.1) is 0 Å². The predicted molar refractivity (Wildman–Crippen MR) is 207 cm³/mol. The van der Waals surface area contributed by atoms with Crippen LogP contribution in [0.4, 0.5) is 19.4 Å². The van der Waals surface area contributed by atoms with Gasteiger partial charge in [-0.3, -0.25) is 27.5 Å². The maximum Gasteiger partial charge on any atom is 0.509 e. The van der Waals surface area contributed by atoms with Gasteiger partial charge in [0, 0.05) is 11.4 Å². The van der Waals surface area contributed by atoms with E-state index in [1.807, 2.05) is 0 Å². The van der Waals surface area contributed by atoms with Crippen LogP contribution < -0.4 is 11.3 Å². The number of aromatic nitrogens is 8. The van der Waals surface area contributed by atoms with Gasteiger partial charge in [0.25, 0.3) is 5.56 Å². The van der Waals surface area contributed by atoms with Crippen LogP contribution in [-0.2, 0) is 46.4 Å². The summed E-state index contributed by atoms with van der Waals surface area (Å²) in [5.41, 5.74) is 5.30. The van der Waals surface area contributed by atoms with E-state index in [0.717, 1.165) is 55.7 Å². The Morgan fingerprint density at radius 3 is 2.37 bits per heavy atom. The summed E-state index contributed by atoms with van der Waals surface area (Å²) in [6.45, 7) is -4.13. The van der Waals surface area contributed by atoms with Gasteiger partial charge in [-0.15, -0.1) is 0 Å². The van der Waals surface area contributed by atoms with Crippen molar-refractivity contribution in [2.24, 2.45) is 0 Å². The molecular formula is C33H45F2N9O13P2S. The molecular weight excluding hydrogens is 862 g/mol. The number of hydrogen-bond donors (Lipinski definition) is 3. The lowest BCUT2D eigenvalue weighted by Crippen LogP contribution is -2.36. The third-order valence-electron chi connectivity index (χ3n) is 9.96. The normalized spacial score (nSPS) is 31.3. The maximum atomic E-state index is 16.5. The van der Waals surface area contributed by atoms with Crippen molar-refractivity contribution in [2.75, 3.05) is 37.8 Å². The number of fused-ring (bicyclic) bond motifs is 5. The number of alkyl halides is 2. The van der Waals surface area contributed by atoms with Gasteiger partial charge in [0.15, 0.2) is 53.4 Å². The van der Waals surface area contributed by atoms with Gasteiger partial charge in [-0.2, -0.15) is 0 Å². The van der Waals surface area contributed by atoms with Crippen LogP contribution in [0.25, 0.3) is 22.3 Å². The zero-order valence-electron chi connectivity index (χ0n) is 32.2. The van der Waals surface area contributed by atoms with Crippen molar-refractivity contribution in [1.29, 1.82) is 0 Å². The lowest BCUT2D eigenvalue weighted by Gasteiger charge is -2.27. The van der Waals surface area contributed by atoms with Crippen molar-refractivity contribution < 1.29 is 64.9 Å². The van der Waals surface area contributed by atoms with E-state index >= 15 is 8.78 Å². The van der Waals surface area contributed by atoms with E-state index in [1.165, 1.54) is 23.7 Å². The molecule has 3 aliphatic rings. The van der Waals surface area contributed by atoms with Gasteiger partial charge in [-0.1, -0.05) is 51.9 Å². The number of halogens is 2. The molecule has 2 bridgehead atoms. The monoisotopic (exact) mass is 907 g/mol. The molecule has 7 heterocycles. The molecule has 3 saturated heterocycles. The van der Waals surface area contributed by atoms with Crippen molar-refractivity contribution in [3.63, 3.8) is 0 Å². The van der Waals surface area contributed by atoms with Crippen LogP contribution in [0.3, 0.4) is 0 Å². The second kappa shape index (κ2) is 19.6. The molecule has 22 nitrogen and oxygen atoms in total. The summed E-state index contributed by atoms with van der Waals surface area (Å²) >= 11 is 0.345. The van der Waals surface area contributed by atoms with Crippen LogP contribution in [0.5, 0.6) is 0 Å². The molecule has 0 amide bonds. The lowest BCUT2D eigenvalue weighted by atomic mass is 10.1. The molecule has 27 heteroatoms. The smallest absolute Gasteiger partial charge is 0.434 e. The summed E-state index contributed by atoms with van der Waals surface area (Å²) in [5, 5.41) is 0. The number of imidazole rings is 2. The second-order valence-corrected chi connectivity index (χ2v) is 19.9. The number of unbranched alkanes of at least 4 members (excludes halogenated alkanes) is 7. The molecule has 330 valence electrons. The van der Waals surface area contributed by atoms with Gasteiger partial charge >= 0.3 is 20.5 Å². The van der Waals surface area contributed by atoms with E-state index in [4.69, 9.17) is 43.0 Å². The van der Waals surface area contributed by atoms with Crippen molar-refractivity contribution in [3.8, 4) is 0 Å². The number of carbonyl (C=O) groups is 1. The van der Waals surface area contributed by atoms with E-state index in [-0.39, 0.29) is 34.8 Å². The number of ether oxygens (including phenoxy) is 5. The van der Waals surface area contributed by atoms with Crippen molar-refractivity contribution in [1.82, 2.24) is 39.0 Å². The zero-order chi connectivity index (χ0) is 42.4. The van der Waals surface area contributed by atoms with Crippen LogP contribution in [-0.4, -0.2) is 119 Å². The molecule has 3 aliphatic heterocycles. The zero-order valence-corrected chi connectivity index (χ0v) is 34.8. The minimum absolute atomic E-state index is 0.00660. The number of anilines is 1. The first-order valence-corrected chi connectivity index (χ1v) is 24.1. The first kappa shape index (κ1) is 44.4. The molecule has 7 rings (SSSR count). The van der Waals surface area contributed by atoms with Gasteiger partial charge in [-0.05, 0) is 6.42 Å². The third kappa shape index (κ3) is 10.2. The summed E-state index contributed by atoms with van der Waals surface area (Å²) in [7, 11) is -4.74. The Morgan fingerprint density at radius 1 is 0.900 bits per heavy atom. The van der Waals surface area contributed by atoms with E-state index in [0.29, 0.717) is 17.8 Å². The molecule has 10 atom stereocenters. The number of carbonyl (C=O) groups excluding carboxylic acids is 1. The Hall–Kier alpha value is -3.64. The Bertz CT molecular complexity index is 2260. The Labute approximate surface area is 344 Å². The number of rotatable bonds is 14. The van der Waals surface area contributed by atoms with Crippen molar-refractivity contribution >= 4 is 60.1 Å². The van der Waals surface area contributed by atoms with E-state index in [1.54, 1.807) is 0 Å². The van der Waals surface area contributed by atoms with Crippen LogP contribution >= 0.6 is 25.8 Å². The van der Waals surface area contributed by atoms with Gasteiger partial charge in [0.1, 0.15) is 42.6 Å². The first-order chi connectivity index (χ1) is 28.9. The maximum absolute atomic E-state index is 16.5. The number of nitrogens with zero attached hydrogens (tertiary/aromatic N) is 7. The molecule has 3 unspecified atom stereocenters. The molecule has 4 aromatic heterocycles. The molecule has 0 radical (unpaired) electrons. The fourth-order valence-corrected chi connectivity index (χ4v) is 10.5. The highest BCUT2D eigenvalue weighted by molar-refractivity contribution is 8.55. The van der Waals surface area contributed by atoms with Crippen molar-refractivity contribution in [2.45, 2.75) is 108 Å². The molecule has 4 aromatic rings. The highest BCUT2D eigenvalue weighted by Gasteiger charge is 2.54. The molecule has 60 heavy (non-hydrogen) atoms. The van der Waals surface area contributed by atoms with Gasteiger partial charge in [0.2, 0.25) is 0 Å². The van der Waals surface area contributed by atoms with Crippen LogP contribution in [0.2, 0.25) is 0 Å². The minimum Gasteiger partial charge on any atom is -0.434 e. The quantitative estimate of drug-likeness (QED) is 0.0645. The summed E-state index contributed by atoms with van der Waals surface area (Å²) in [4.78, 5) is 58.3. The number of nitrogens with two attached hydrogens (primary N) is 1. The molecule has 0 aromatic carbocycles. The molecule has 0 saturated carbocycles. The van der Waals surface area contributed by atoms with Gasteiger partial charge in [0.05, 0.1) is 38.8 Å². The highest BCUT2D eigenvalue weighted by Crippen LogP contribution is 2.64. The Balaban J connectivity index is 1.11. The van der Waals surface area contributed by atoms with Gasteiger partial charge < -0.3 is 43.8 Å². The first-order valence-electron chi connectivity index (χ1n) is 19.3. The second-order valence-electron chi connectivity index (χ2n) is 14.1.